The zero-order valence-corrected chi connectivity index (χ0v) is 16.1. The number of rotatable bonds is 7. The normalized spacial score (nSPS) is 14.0. The highest BCUT2D eigenvalue weighted by Crippen LogP contribution is 2.22. The molecule has 0 amide bonds. The van der Waals surface area contributed by atoms with Crippen LogP contribution in [0.25, 0.3) is 0 Å². The minimum absolute atomic E-state index is 0.150. The molecule has 1 aliphatic heterocycles. The lowest BCUT2D eigenvalue weighted by Gasteiger charge is -2.24. The maximum Gasteiger partial charge on any atom is 0.127 e. The van der Waals surface area contributed by atoms with E-state index in [-0.39, 0.29) is 5.82 Å². The van der Waals surface area contributed by atoms with Crippen LogP contribution in [0.3, 0.4) is 0 Å². The molecule has 4 rings (SSSR count). The van der Waals surface area contributed by atoms with Gasteiger partial charge in [0.25, 0.3) is 0 Å². The van der Waals surface area contributed by atoms with E-state index in [0.29, 0.717) is 6.54 Å². The van der Waals surface area contributed by atoms with Gasteiger partial charge in [-0.05, 0) is 48.2 Å². The molecule has 2 aromatic carbocycles. The van der Waals surface area contributed by atoms with Gasteiger partial charge in [0.15, 0.2) is 0 Å². The molecule has 0 atom stereocenters. The number of halogens is 1. The number of hydrogen-bond donors (Lipinski definition) is 0. The molecule has 4 heteroatoms. The molecule has 0 saturated carbocycles. The topological polar surface area (TPSA) is 19.4 Å². The molecule has 144 valence electrons. The van der Waals surface area contributed by atoms with Crippen molar-refractivity contribution in [1.29, 1.82) is 0 Å². The van der Waals surface area contributed by atoms with Crippen molar-refractivity contribution in [3.8, 4) is 0 Å². The van der Waals surface area contributed by atoms with Crippen LogP contribution in [0, 0.1) is 5.82 Å². The highest BCUT2D eigenvalue weighted by molar-refractivity contribution is 5.48. The molecule has 28 heavy (non-hydrogen) atoms. The number of benzene rings is 2. The molecule has 1 fully saturated rings. The predicted molar refractivity (Wildman–Crippen MR) is 111 cm³/mol. The minimum atomic E-state index is -0.150. The van der Waals surface area contributed by atoms with Crippen LogP contribution >= 0.6 is 0 Å². The third-order valence-electron chi connectivity index (χ3n) is 5.29. The maximum atomic E-state index is 14.2. The van der Waals surface area contributed by atoms with Crippen LogP contribution in [0.1, 0.15) is 29.5 Å². The van der Waals surface area contributed by atoms with Crippen molar-refractivity contribution < 1.29 is 4.39 Å². The third kappa shape index (κ3) is 4.76. The first-order valence-corrected chi connectivity index (χ1v) is 9.96. The molecule has 1 saturated heterocycles. The molecule has 0 unspecified atom stereocenters. The fourth-order valence-electron chi connectivity index (χ4n) is 3.83. The van der Waals surface area contributed by atoms with E-state index < -0.39 is 0 Å². The van der Waals surface area contributed by atoms with Crippen LogP contribution in [-0.4, -0.2) is 23.0 Å². The number of pyridine rings is 1. The molecule has 2 heterocycles. The number of nitrogens with zero attached hydrogens (tertiary/aromatic N) is 3. The van der Waals surface area contributed by atoms with Crippen molar-refractivity contribution in [3.63, 3.8) is 0 Å². The Morgan fingerprint density at radius 1 is 0.821 bits per heavy atom. The summed E-state index contributed by atoms with van der Waals surface area (Å²) >= 11 is 0. The number of hydrogen-bond acceptors (Lipinski definition) is 3. The molecule has 0 spiro atoms. The van der Waals surface area contributed by atoms with Gasteiger partial charge in [0, 0.05) is 56.4 Å². The Labute approximate surface area is 166 Å². The van der Waals surface area contributed by atoms with Gasteiger partial charge in [-0.25, -0.2) is 4.39 Å². The predicted octanol–water partition coefficient (Wildman–Crippen LogP) is 5.02. The van der Waals surface area contributed by atoms with Crippen molar-refractivity contribution in [2.45, 2.75) is 32.5 Å². The van der Waals surface area contributed by atoms with Gasteiger partial charge in [-0.1, -0.05) is 36.4 Å². The summed E-state index contributed by atoms with van der Waals surface area (Å²) in [7, 11) is 0. The van der Waals surface area contributed by atoms with Crippen LogP contribution in [0.15, 0.2) is 73.1 Å². The minimum Gasteiger partial charge on any atom is -0.372 e. The Bertz CT molecular complexity index is 874. The Balaban J connectivity index is 1.50. The van der Waals surface area contributed by atoms with E-state index in [1.165, 1.54) is 30.2 Å². The van der Waals surface area contributed by atoms with Gasteiger partial charge in [0.1, 0.15) is 5.82 Å². The van der Waals surface area contributed by atoms with Crippen LogP contribution < -0.4 is 4.90 Å². The summed E-state index contributed by atoms with van der Waals surface area (Å²) in [6.07, 6.45) is 6.22. The summed E-state index contributed by atoms with van der Waals surface area (Å²) in [6, 6.07) is 19.9. The van der Waals surface area contributed by atoms with Gasteiger partial charge in [-0.3, -0.25) is 9.88 Å². The molecule has 0 bridgehead atoms. The molecule has 1 aromatic heterocycles. The summed E-state index contributed by atoms with van der Waals surface area (Å²) in [5.74, 6) is -0.150. The second-order valence-corrected chi connectivity index (χ2v) is 7.46. The van der Waals surface area contributed by atoms with E-state index in [9.17, 15) is 4.39 Å². The lowest BCUT2D eigenvalue weighted by Crippen LogP contribution is -2.23. The average Bonchev–Trinajstić information content (AvgIpc) is 3.26. The molecule has 0 aliphatic carbocycles. The Kier molecular flexibility index (Phi) is 5.98. The van der Waals surface area contributed by atoms with E-state index in [4.69, 9.17) is 0 Å². The lowest BCUT2D eigenvalue weighted by atomic mass is 10.1. The molecule has 3 aromatic rings. The second kappa shape index (κ2) is 8.98. The highest BCUT2D eigenvalue weighted by atomic mass is 19.1. The average molecular weight is 375 g/mol. The van der Waals surface area contributed by atoms with Crippen molar-refractivity contribution in [3.05, 3.63) is 95.6 Å². The first-order valence-electron chi connectivity index (χ1n) is 9.96. The number of aromatic nitrogens is 1. The fourth-order valence-corrected chi connectivity index (χ4v) is 3.83. The van der Waals surface area contributed by atoms with Gasteiger partial charge in [-0.2, -0.15) is 0 Å². The summed E-state index contributed by atoms with van der Waals surface area (Å²) in [5.41, 5.74) is 4.39. The second-order valence-electron chi connectivity index (χ2n) is 7.46. The van der Waals surface area contributed by atoms with E-state index in [1.807, 2.05) is 24.4 Å². The molecule has 0 radical (unpaired) electrons. The van der Waals surface area contributed by atoms with E-state index in [0.717, 1.165) is 37.3 Å². The van der Waals surface area contributed by atoms with Crippen LogP contribution in [0.5, 0.6) is 0 Å². The SMILES string of the molecule is Fc1ccccc1CN(Cc1ccc(N2CCCC2)cc1)Cc1cccnc1. The van der Waals surface area contributed by atoms with Crippen molar-refractivity contribution in [1.82, 2.24) is 9.88 Å². The van der Waals surface area contributed by atoms with Crippen molar-refractivity contribution in [2.75, 3.05) is 18.0 Å². The molecule has 0 N–H and O–H groups in total. The zero-order valence-electron chi connectivity index (χ0n) is 16.1. The monoisotopic (exact) mass is 375 g/mol. The van der Waals surface area contributed by atoms with Gasteiger partial charge in [-0.15, -0.1) is 0 Å². The lowest BCUT2D eigenvalue weighted by molar-refractivity contribution is 0.244. The van der Waals surface area contributed by atoms with Gasteiger partial charge < -0.3 is 4.90 Å². The van der Waals surface area contributed by atoms with Gasteiger partial charge in [0.05, 0.1) is 0 Å². The zero-order chi connectivity index (χ0) is 19.2. The van der Waals surface area contributed by atoms with Gasteiger partial charge in [0.2, 0.25) is 0 Å². The van der Waals surface area contributed by atoms with E-state index >= 15 is 0 Å². The quantitative estimate of drug-likeness (QED) is 0.578. The molecular weight excluding hydrogens is 349 g/mol. The maximum absolute atomic E-state index is 14.2. The Morgan fingerprint density at radius 2 is 1.57 bits per heavy atom. The van der Waals surface area contributed by atoms with Gasteiger partial charge >= 0.3 is 0 Å². The third-order valence-corrected chi connectivity index (χ3v) is 5.29. The molecular formula is C24H26FN3. The van der Waals surface area contributed by atoms with Crippen molar-refractivity contribution in [2.24, 2.45) is 0 Å². The largest absolute Gasteiger partial charge is 0.372 e. The van der Waals surface area contributed by atoms with Crippen LogP contribution in [0.2, 0.25) is 0 Å². The molecule has 3 nitrogen and oxygen atoms in total. The summed E-state index contributed by atoms with van der Waals surface area (Å²) in [6.45, 7) is 4.37. The number of anilines is 1. The summed E-state index contributed by atoms with van der Waals surface area (Å²) in [5, 5.41) is 0. The summed E-state index contributed by atoms with van der Waals surface area (Å²) in [4.78, 5) is 8.92. The first kappa shape index (κ1) is 18.6. The van der Waals surface area contributed by atoms with Crippen molar-refractivity contribution >= 4 is 5.69 Å². The standard InChI is InChI=1S/C24H26FN3/c25-24-8-2-1-7-22(24)19-27(18-21-6-5-13-26-16-21)17-20-9-11-23(12-10-20)28-14-3-4-15-28/h1-2,5-13,16H,3-4,14-15,17-19H2. The highest BCUT2D eigenvalue weighted by Gasteiger charge is 2.14. The summed E-state index contributed by atoms with van der Waals surface area (Å²) < 4.78 is 14.2. The van der Waals surface area contributed by atoms with E-state index in [2.05, 4.69) is 45.1 Å². The molecule has 1 aliphatic rings. The van der Waals surface area contributed by atoms with Crippen LogP contribution in [0.4, 0.5) is 10.1 Å². The van der Waals surface area contributed by atoms with Crippen LogP contribution in [-0.2, 0) is 19.6 Å². The Morgan fingerprint density at radius 3 is 2.29 bits per heavy atom. The van der Waals surface area contributed by atoms with E-state index in [1.54, 1.807) is 12.3 Å². The smallest absolute Gasteiger partial charge is 0.127 e. The first-order chi connectivity index (χ1) is 13.8. The fraction of sp³-hybridized carbons (Fsp3) is 0.292. The Hall–Kier alpha value is -2.72.